The van der Waals surface area contributed by atoms with Crippen LogP contribution in [-0.4, -0.2) is 17.7 Å². The molecule has 0 unspecified atom stereocenters. The lowest BCUT2D eigenvalue weighted by molar-refractivity contribution is 0.0690. The summed E-state index contributed by atoms with van der Waals surface area (Å²) in [5, 5.41) is 9.09. The van der Waals surface area contributed by atoms with Gasteiger partial charge in [-0.05, 0) is 37.0 Å². The van der Waals surface area contributed by atoms with Gasteiger partial charge in [-0.1, -0.05) is 19.3 Å². The summed E-state index contributed by atoms with van der Waals surface area (Å²) in [6.45, 7) is 0.601. The van der Waals surface area contributed by atoms with Crippen molar-refractivity contribution in [3.63, 3.8) is 0 Å². The van der Waals surface area contributed by atoms with Crippen LogP contribution in [0.15, 0.2) is 18.2 Å². The maximum absolute atomic E-state index is 11.1. The minimum Gasteiger partial charge on any atom is -0.492 e. The number of carbonyl (C=O) groups is 1. The van der Waals surface area contributed by atoms with E-state index in [1.54, 1.807) is 12.1 Å². The number of anilines is 1. The summed E-state index contributed by atoms with van der Waals surface area (Å²) in [5.41, 5.74) is 6.17. The lowest BCUT2D eigenvalue weighted by Crippen LogP contribution is -2.16. The molecule has 0 saturated heterocycles. The topological polar surface area (TPSA) is 72.5 Å². The molecule has 18 heavy (non-hydrogen) atoms. The molecule has 0 bridgehead atoms. The number of hydrogen-bond donors (Lipinski definition) is 2. The maximum Gasteiger partial charge on any atom is 0.339 e. The van der Waals surface area contributed by atoms with Crippen molar-refractivity contribution in [1.82, 2.24) is 0 Å². The van der Waals surface area contributed by atoms with E-state index in [0.717, 1.165) is 0 Å². The van der Waals surface area contributed by atoms with Gasteiger partial charge in [0.1, 0.15) is 11.3 Å². The van der Waals surface area contributed by atoms with Crippen LogP contribution >= 0.6 is 0 Å². The van der Waals surface area contributed by atoms with Crippen LogP contribution in [-0.2, 0) is 0 Å². The minimum atomic E-state index is -0.999. The predicted octanol–water partition coefficient (Wildman–Crippen LogP) is 2.93. The van der Waals surface area contributed by atoms with Crippen LogP contribution in [0.1, 0.15) is 42.5 Å². The molecule has 1 aromatic rings. The fourth-order valence-electron chi connectivity index (χ4n) is 2.40. The van der Waals surface area contributed by atoms with Crippen LogP contribution < -0.4 is 10.5 Å². The zero-order valence-electron chi connectivity index (χ0n) is 10.4. The number of nitrogen functional groups attached to an aromatic ring is 1. The number of ether oxygens (including phenoxy) is 1. The van der Waals surface area contributed by atoms with Gasteiger partial charge < -0.3 is 15.6 Å². The van der Waals surface area contributed by atoms with Crippen LogP contribution in [0.4, 0.5) is 5.69 Å². The Morgan fingerprint density at radius 1 is 1.33 bits per heavy atom. The van der Waals surface area contributed by atoms with Crippen molar-refractivity contribution < 1.29 is 14.6 Å². The summed E-state index contributed by atoms with van der Waals surface area (Å²) in [5.74, 6) is -0.0267. The largest absolute Gasteiger partial charge is 0.492 e. The van der Waals surface area contributed by atoms with E-state index in [0.29, 0.717) is 24.0 Å². The summed E-state index contributed by atoms with van der Waals surface area (Å²) in [4.78, 5) is 11.1. The molecule has 1 saturated carbocycles. The maximum atomic E-state index is 11.1. The molecule has 2 rings (SSSR count). The first-order chi connectivity index (χ1) is 8.66. The fourth-order valence-corrected chi connectivity index (χ4v) is 2.40. The van der Waals surface area contributed by atoms with E-state index in [2.05, 4.69) is 0 Å². The molecule has 1 aliphatic carbocycles. The summed E-state index contributed by atoms with van der Waals surface area (Å²) in [6.07, 6.45) is 6.16. The van der Waals surface area contributed by atoms with Gasteiger partial charge in [0.25, 0.3) is 0 Å². The second kappa shape index (κ2) is 5.76. The van der Waals surface area contributed by atoms with Crippen LogP contribution in [0.25, 0.3) is 0 Å². The highest BCUT2D eigenvalue weighted by Crippen LogP contribution is 2.26. The molecule has 0 aromatic heterocycles. The van der Waals surface area contributed by atoms with Gasteiger partial charge in [-0.15, -0.1) is 0 Å². The summed E-state index contributed by atoms with van der Waals surface area (Å²) < 4.78 is 5.66. The molecular formula is C14H19NO3. The molecule has 1 fully saturated rings. The van der Waals surface area contributed by atoms with Crippen molar-refractivity contribution in [2.45, 2.75) is 32.1 Å². The second-order valence-corrected chi connectivity index (χ2v) is 4.88. The van der Waals surface area contributed by atoms with Gasteiger partial charge in [-0.25, -0.2) is 4.79 Å². The third-order valence-electron chi connectivity index (χ3n) is 3.43. The lowest BCUT2D eigenvalue weighted by Gasteiger charge is -2.22. The molecule has 1 aromatic carbocycles. The average molecular weight is 249 g/mol. The van der Waals surface area contributed by atoms with Gasteiger partial charge in [0.15, 0.2) is 0 Å². The minimum absolute atomic E-state index is 0.144. The Bertz CT molecular complexity index is 425. The molecule has 0 amide bonds. The van der Waals surface area contributed by atoms with E-state index in [4.69, 9.17) is 15.6 Å². The molecule has 0 atom stereocenters. The van der Waals surface area contributed by atoms with Gasteiger partial charge in [0.05, 0.1) is 6.61 Å². The average Bonchev–Trinajstić information content (AvgIpc) is 2.38. The van der Waals surface area contributed by atoms with E-state index in [9.17, 15) is 4.79 Å². The number of carboxylic acids is 1. The Morgan fingerprint density at radius 3 is 2.72 bits per heavy atom. The first-order valence-corrected chi connectivity index (χ1v) is 6.42. The lowest BCUT2D eigenvalue weighted by atomic mass is 9.90. The first-order valence-electron chi connectivity index (χ1n) is 6.42. The predicted molar refractivity (Wildman–Crippen MR) is 69.9 cm³/mol. The molecule has 0 spiro atoms. The van der Waals surface area contributed by atoms with Gasteiger partial charge in [-0.3, -0.25) is 0 Å². The van der Waals surface area contributed by atoms with Gasteiger partial charge in [0, 0.05) is 5.69 Å². The number of rotatable bonds is 4. The van der Waals surface area contributed by atoms with Gasteiger partial charge in [-0.2, -0.15) is 0 Å². The summed E-state index contributed by atoms with van der Waals surface area (Å²) in [7, 11) is 0. The van der Waals surface area contributed by atoms with Crippen molar-refractivity contribution in [3.05, 3.63) is 23.8 Å². The molecule has 98 valence electrons. The number of benzene rings is 1. The summed E-state index contributed by atoms with van der Waals surface area (Å²) >= 11 is 0. The molecule has 0 heterocycles. The molecule has 3 N–H and O–H groups in total. The normalized spacial score (nSPS) is 16.4. The Morgan fingerprint density at radius 2 is 2.06 bits per heavy atom. The third-order valence-corrected chi connectivity index (χ3v) is 3.43. The number of carboxylic acid groups (broad SMARTS) is 1. The van der Waals surface area contributed by atoms with Crippen molar-refractivity contribution in [1.29, 1.82) is 0 Å². The highest BCUT2D eigenvalue weighted by molar-refractivity contribution is 5.92. The monoisotopic (exact) mass is 249 g/mol. The molecule has 4 nitrogen and oxygen atoms in total. The van der Waals surface area contributed by atoms with E-state index in [-0.39, 0.29) is 5.56 Å². The first kappa shape index (κ1) is 12.7. The second-order valence-electron chi connectivity index (χ2n) is 4.88. The smallest absolute Gasteiger partial charge is 0.339 e. The van der Waals surface area contributed by atoms with Gasteiger partial charge in [0.2, 0.25) is 0 Å². The molecule has 0 aliphatic heterocycles. The van der Waals surface area contributed by atoms with Crippen molar-refractivity contribution in [3.8, 4) is 5.75 Å². The fraction of sp³-hybridized carbons (Fsp3) is 0.500. The number of hydrogen-bond acceptors (Lipinski definition) is 3. The molecule has 0 radical (unpaired) electrons. The van der Waals surface area contributed by atoms with Gasteiger partial charge >= 0.3 is 5.97 Å². The molecule has 1 aliphatic rings. The molecular weight excluding hydrogens is 230 g/mol. The van der Waals surface area contributed by atoms with Crippen LogP contribution in [0.3, 0.4) is 0 Å². The quantitative estimate of drug-likeness (QED) is 0.805. The van der Waals surface area contributed by atoms with Crippen LogP contribution in [0.5, 0.6) is 5.75 Å². The van der Waals surface area contributed by atoms with E-state index >= 15 is 0 Å². The van der Waals surface area contributed by atoms with Crippen LogP contribution in [0.2, 0.25) is 0 Å². The Labute approximate surface area is 107 Å². The Balaban J connectivity index is 2.01. The van der Waals surface area contributed by atoms with E-state index < -0.39 is 5.97 Å². The number of aromatic carboxylic acids is 1. The Kier molecular flexibility index (Phi) is 4.07. The highest BCUT2D eigenvalue weighted by Gasteiger charge is 2.16. The van der Waals surface area contributed by atoms with E-state index in [1.807, 2.05) is 0 Å². The van der Waals surface area contributed by atoms with Crippen molar-refractivity contribution in [2.24, 2.45) is 5.92 Å². The SMILES string of the molecule is Nc1ccc(OCC2CCCCC2)c(C(=O)O)c1. The van der Waals surface area contributed by atoms with Crippen molar-refractivity contribution >= 4 is 11.7 Å². The number of nitrogens with two attached hydrogens (primary N) is 1. The van der Waals surface area contributed by atoms with Crippen molar-refractivity contribution in [2.75, 3.05) is 12.3 Å². The van der Waals surface area contributed by atoms with Crippen LogP contribution in [0, 0.1) is 5.92 Å². The third kappa shape index (κ3) is 3.15. The zero-order chi connectivity index (χ0) is 13.0. The summed E-state index contributed by atoms with van der Waals surface area (Å²) in [6, 6.07) is 4.75. The standard InChI is InChI=1S/C14H19NO3/c15-11-6-7-13(12(8-11)14(16)17)18-9-10-4-2-1-3-5-10/h6-8,10H,1-5,9,15H2,(H,16,17). The molecule has 4 heteroatoms. The highest BCUT2D eigenvalue weighted by atomic mass is 16.5. The zero-order valence-corrected chi connectivity index (χ0v) is 10.4. The Hall–Kier alpha value is -1.71. The van der Waals surface area contributed by atoms with E-state index in [1.165, 1.54) is 38.2 Å².